The lowest BCUT2D eigenvalue weighted by atomic mass is 9.84. The Bertz CT molecular complexity index is 1500. The van der Waals surface area contributed by atoms with Gasteiger partial charge in [0.25, 0.3) is 0 Å². The molecule has 4 aliphatic heterocycles. The van der Waals surface area contributed by atoms with E-state index in [2.05, 4.69) is 186 Å². The van der Waals surface area contributed by atoms with Crippen LogP contribution in [0.3, 0.4) is 0 Å². The molecule has 0 N–H and O–H groups in total. The predicted octanol–water partition coefficient (Wildman–Crippen LogP) is 22.5. The molecule has 0 aliphatic carbocycles. The summed E-state index contributed by atoms with van der Waals surface area (Å²) in [6.07, 6.45) is 40.3. The molecule has 2 unspecified atom stereocenters. The van der Waals surface area contributed by atoms with Crippen molar-refractivity contribution in [3.05, 3.63) is 24.3 Å². The number of hydrogen-bond acceptors (Lipinski definition) is 6. The minimum atomic E-state index is -1.89. The molecule has 0 radical (unpaired) electrons. The van der Waals surface area contributed by atoms with Gasteiger partial charge in [0.1, 0.15) is 0 Å². The second-order valence-corrected chi connectivity index (χ2v) is 49.0. The molecule has 4 rings (SSSR count). The molecule has 10 atom stereocenters. The lowest BCUT2D eigenvalue weighted by molar-refractivity contribution is -0.0419. The molecule has 0 spiro atoms. The average Bonchev–Trinajstić information content (AvgIpc) is 3.43. The van der Waals surface area contributed by atoms with Crippen molar-refractivity contribution in [1.29, 1.82) is 0 Å². The van der Waals surface area contributed by atoms with Crippen LogP contribution in [-0.2, 0) is 17.7 Å². The molecule has 80 heavy (non-hydrogen) atoms. The van der Waals surface area contributed by atoms with Crippen molar-refractivity contribution in [3.8, 4) is 0 Å². The maximum absolute atomic E-state index is 7.43. The van der Waals surface area contributed by atoms with Gasteiger partial charge in [0.05, 0.1) is 12.2 Å². The van der Waals surface area contributed by atoms with E-state index in [0.717, 1.165) is 24.9 Å². The Kier molecular flexibility index (Phi) is 34.5. The molecular weight excluding hydrogens is 1050 g/mol. The molecule has 472 valence electrons. The van der Waals surface area contributed by atoms with Crippen molar-refractivity contribution in [3.63, 3.8) is 0 Å². The fraction of sp³-hybridized carbons (Fsp3) is 0.943. The van der Waals surface area contributed by atoms with Gasteiger partial charge in [-0.1, -0.05) is 227 Å². The zero-order valence-electron chi connectivity index (χ0n) is 57.9. The van der Waals surface area contributed by atoms with Gasteiger partial charge < -0.3 is 17.7 Å². The second-order valence-electron chi connectivity index (χ2n) is 28.8. The predicted molar refractivity (Wildman–Crippen MR) is 365 cm³/mol. The van der Waals surface area contributed by atoms with Crippen LogP contribution in [0, 0.1) is 0 Å². The van der Waals surface area contributed by atoms with E-state index < -0.39 is 33.3 Å². The summed E-state index contributed by atoms with van der Waals surface area (Å²) in [4.78, 5) is 5.79. The highest BCUT2D eigenvalue weighted by Gasteiger charge is 2.52. The van der Waals surface area contributed by atoms with Gasteiger partial charge in [-0.3, -0.25) is 9.80 Å². The smallest absolute Gasteiger partial charge is 0.200 e. The minimum absolute atomic E-state index is 0.379. The summed E-state index contributed by atoms with van der Waals surface area (Å²) in [5.41, 5.74) is 3.88. The van der Waals surface area contributed by atoms with Crippen molar-refractivity contribution in [2.75, 3.05) is 0 Å². The summed E-state index contributed by atoms with van der Waals surface area (Å²) in [5.74, 6) is 0. The van der Waals surface area contributed by atoms with Gasteiger partial charge in [-0.2, -0.15) is 0 Å². The molecule has 10 heteroatoms. The van der Waals surface area contributed by atoms with Crippen LogP contribution in [0.1, 0.15) is 294 Å². The monoisotopic (exact) mass is 1190 g/mol. The summed E-state index contributed by atoms with van der Waals surface area (Å²) in [5, 5.41) is 0. The fourth-order valence-electron chi connectivity index (χ4n) is 17.3. The molecule has 4 saturated heterocycles. The highest BCUT2D eigenvalue weighted by atomic mass is 28.4. The summed E-state index contributed by atoms with van der Waals surface area (Å²) < 4.78 is 29.0. The molecule has 0 aromatic carbocycles. The minimum Gasteiger partial charge on any atom is -0.414 e. The van der Waals surface area contributed by atoms with E-state index in [1.54, 1.807) is 0 Å². The van der Waals surface area contributed by atoms with Crippen LogP contribution >= 0.6 is 0 Å². The Hall–Kier alpha value is 0.108. The standard InChI is InChI=1S/2C35H71NO2Si2/c2*1-12-16-17-18-24-34(37-39(13-2,14-3)15-4)25-20-23-32-21-19-22-33-26-27-35(31(11)36(32)33)38-40(28(5)6,29(7)8)30(9)10/h2*20,23,28-35H,12-19,21-22,24-27H2,1-11H3/b2*23-20+/t31-,32+,33-,34?,35+;31-,32-,33-,34?,35+/m00/s1. The van der Waals surface area contributed by atoms with Crippen LogP contribution in [0.4, 0.5) is 0 Å². The number of rotatable bonds is 36. The molecule has 0 saturated carbocycles. The van der Waals surface area contributed by atoms with E-state index in [1.165, 1.54) is 165 Å². The van der Waals surface area contributed by atoms with E-state index in [-0.39, 0.29) is 0 Å². The van der Waals surface area contributed by atoms with Gasteiger partial charge in [-0.25, -0.2) is 0 Å². The molecule has 0 bridgehead atoms. The zero-order valence-corrected chi connectivity index (χ0v) is 61.9. The molecule has 0 aromatic rings. The van der Waals surface area contributed by atoms with Crippen LogP contribution < -0.4 is 0 Å². The average molecular weight is 1190 g/mol. The lowest BCUT2D eigenvalue weighted by Crippen LogP contribution is -2.61. The van der Waals surface area contributed by atoms with Crippen LogP contribution in [0.25, 0.3) is 0 Å². The third-order valence-electron chi connectivity index (χ3n) is 22.4. The Morgan fingerprint density at radius 2 is 0.713 bits per heavy atom. The van der Waals surface area contributed by atoms with Crippen molar-refractivity contribution in [2.24, 2.45) is 0 Å². The first-order valence-corrected chi connectivity index (χ1v) is 45.0. The maximum Gasteiger partial charge on any atom is 0.200 e. The maximum atomic E-state index is 7.43. The van der Waals surface area contributed by atoms with Crippen LogP contribution in [-0.4, -0.2) is 104 Å². The Morgan fingerprint density at radius 1 is 0.400 bits per heavy atom. The number of fused-ring (bicyclic) bond motifs is 2. The van der Waals surface area contributed by atoms with Crippen molar-refractivity contribution >= 4 is 33.3 Å². The number of unbranched alkanes of at least 4 members (excludes halogenated alkanes) is 6. The molecule has 4 heterocycles. The first-order chi connectivity index (χ1) is 38.0. The van der Waals surface area contributed by atoms with Gasteiger partial charge >= 0.3 is 0 Å². The van der Waals surface area contributed by atoms with Crippen LogP contribution in [0.5, 0.6) is 0 Å². The van der Waals surface area contributed by atoms with E-state index >= 15 is 0 Å². The molecular formula is C70H142N2O4Si4. The molecule has 6 nitrogen and oxygen atoms in total. The van der Waals surface area contributed by atoms with E-state index in [0.29, 0.717) is 81.8 Å². The van der Waals surface area contributed by atoms with Gasteiger partial charge in [0, 0.05) is 48.5 Å². The molecule has 0 aromatic heterocycles. The second kappa shape index (κ2) is 37.1. The highest BCUT2D eigenvalue weighted by Crippen LogP contribution is 2.48. The summed E-state index contributed by atoms with van der Waals surface area (Å²) in [7, 11) is -6.96. The molecule has 4 fully saturated rings. The third-order valence-corrected chi connectivity index (χ3v) is 44.0. The summed E-state index contributed by atoms with van der Waals surface area (Å²) >= 11 is 0. The van der Waals surface area contributed by atoms with Crippen molar-refractivity contribution in [1.82, 2.24) is 9.80 Å². The first-order valence-electron chi connectivity index (χ1n) is 35.6. The van der Waals surface area contributed by atoms with E-state index in [4.69, 9.17) is 17.7 Å². The lowest BCUT2D eigenvalue weighted by Gasteiger charge is -2.54. The van der Waals surface area contributed by atoms with Gasteiger partial charge in [-0.15, -0.1) is 0 Å². The zero-order chi connectivity index (χ0) is 59.8. The van der Waals surface area contributed by atoms with Crippen LogP contribution in [0.2, 0.25) is 69.5 Å². The van der Waals surface area contributed by atoms with Gasteiger partial charge in [0.15, 0.2) is 16.6 Å². The normalized spacial score (nSPS) is 25.9. The van der Waals surface area contributed by atoms with E-state index in [1.807, 2.05) is 0 Å². The van der Waals surface area contributed by atoms with Crippen molar-refractivity contribution < 1.29 is 17.7 Å². The molecule has 0 amide bonds. The summed E-state index contributed by atoms with van der Waals surface area (Å²) in [6, 6.07) is 11.1. The number of nitrogens with zero attached hydrogens (tertiary/aromatic N) is 2. The fourth-order valence-corrected chi connectivity index (χ4v) is 34.4. The largest absolute Gasteiger partial charge is 0.414 e. The van der Waals surface area contributed by atoms with Gasteiger partial charge in [-0.05, 0) is 160 Å². The van der Waals surface area contributed by atoms with E-state index in [9.17, 15) is 0 Å². The summed E-state index contributed by atoms with van der Waals surface area (Å²) in [6.45, 7) is 53.0. The topological polar surface area (TPSA) is 43.4 Å². The first kappa shape index (κ1) is 74.4. The number of hydrogen-bond donors (Lipinski definition) is 0. The SMILES string of the molecule is CCCCCCC(C/C=C/[C@@H]1CCC[C@H]2CC[C@@H](O[Si](C(C)C)(C(C)C)C(C)C)[C@H](C)N21)O[Si](CC)(CC)CC.CCCCCCC(C/C=C/[C@H]1CCC[C@H]2CC[C@@H](O[Si](C(C)C)(C(C)C)C(C)C)[C@H](C)N21)O[Si](CC)(CC)CC. The Balaban J connectivity index is 0.000000420. The van der Waals surface area contributed by atoms with Crippen LogP contribution in [0.15, 0.2) is 24.3 Å². The molecule has 4 aliphatic rings. The highest BCUT2D eigenvalue weighted by molar-refractivity contribution is 6.78. The third kappa shape index (κ3) is 20.1. The van der Waals surface area contributed by atoms with Gasteiger partial charge in [0.2, 0.25) is 16.6 Å². The van der Waals surface area contributed by atoms with Crippen molar-refractivity contribution in [2.45, 2.75) is 424 Å². The quantitative estimate of drug-likeness (QED) is 0.0354. The Morgan fingerprint density at radius 3 is 0.988 bits per heavy atom. The number of piperidine rings is 4. The Labute approximate surface area is 506 Å².